The van der Waals surface area contributed by atoms with Crippen LogP contribution in [0.25, 0.3) is 10.9 Å². The number of pyridine rings is 1. The van der Waals surface area contributed by atoms with Crippen LogP contribution in [0.1, 0.15) is 13.3 Å². The molecule has 0 bridgehead atoms. The predicted molar refractivity (Wildman–Crippen MR) is 113 cm³/mol. The van der Waals surface area contributed by atoms with Gasteiger partial charge in [0, 0.05) is 24.5 Å². The lowest BCUT2D eigenvalue weighted by Crippen LogP contribution is -2.68. The van der Waals surface area contributed by atoms with Crippen LogP contribution >= 0.6 is 0 Å². The Labute approximate surface area is 170 Å². The average Bonchev–Trinajstić information content (AvgIpc) is 2.64. The molecule has 3 atom stereocenters. The zero-order chi connectivity index (χ0) is 20.9. The maximum Gasteiger partial charge on any atom is 0.322 e. The van der Waals surface area contributed by atoms with Gasteiger partial charge in [-0.25, -0.2) is 22.9 Å². The number of para-hydroxylation sites is 1. The van der Waals surface area contributed by atoms with Crippen molar-refractivity contribution in [3.63, 3.8) is 0 Å². The van der Waals surface area contributed by atoms with Gasteiger partial charge >= 0.3 is 6.03 Å². The van der Waals surface area contributed by atoms with Gasteiger partial charge in [0.15, 0.2) is 0 Å². The fourth-order valence-electron chi connectivity index (χ4n) is 3.15. The first-order valence-electron chi connectivity index (χ1n) is 9.42. The number of carbonyl (C=O) groups is 1. The zero-order valence-electron chi connectivity index (χ0n) is 16.4. The molecular formula is C18H27N7O3S. The number of aromatic nitrogens is 1. The minimum absolute atomic E-state index is 0.0725. The van der Waals surface area contributed by atoms with E-state index in [-0.39, 0.29) is 18.2 Å². The molecule has 1 saturated heterocycles. The number of amides is 2. The fraction of sp³-hybridized carbons (Fsp3) is 0.444. The first kappa shape index (κ1) is 21.4. The van der Waals surface area contributed by atoms with Crippen LogP contribution in [0.2, 0.25) is 0 Å². The van der Waals surface area contributed by atoms with E-state index < -0.39 is 16.3 Å². The van der Waals surface area contributed by atoms with Crippen LogP contribution < -0.4 is 31.3 Å². The van der Waals surface area contributed by atoms with E-state index in [4.69, 9.17) is 0 Å². The number of hydrogen-bond donors (Lipinski definition) is 6. The summed E-state index contributed by atoms with van der Waals surface area (Å²) in [5.74, 6) is 0.464. The van der Waals surface area contributed by atoms with Crippen molar-refractivity contribution in [3.8, 4) is 0 Å². The number of sulfonamides is 1. The number of benzene rings is 1. The summed E-state index contributed by atoms with van der Waals surface area (Å²) in [6.07, 6.45) is 1.39. The summed E-state index contributed by atoms with van der Waals surface area (Å²) >= 11 is 0. The summed E-state index contributed by atoms with van der Waals surface area (Å²) in [5, 5.41) is 16.3. The smallest absolute Gasteiger partial charge is 0.310 e. The molecule has 1 fully saturated rings. The van der Waals surface area contributed by atoms with Crippen molar-refractivity contribution in [2.24, 2.45) is 0 Å². The average molecular weight is 422 g/mol. The van der Waals surface area contributed by atoms with Crippen molar-refractivity contribution >= 4 is 32.8 Å². The van der Waals surface area contributed by atoms with Gasteiger partial charge in [-0.05, 0) is 31.5 Å². The number of rotatable bonds is 7. The van der Waals surface area contributed by atoms with Crippen LogP contribution in [0.15, 0.2) is 36.4 Å². The topological polar surface area (TPSA) is 136 Å². The van der Waals surface area contributed by atoms with Gasteiger partial charge in [-0.2, -0.15) is 0 Å². The lowest BCUT2D eigenvalue weighted by Gasteiger charge is -2.36. The van der Waals surface area contributed by atoms with Crippen molar-refractivity contribution in [2.45, 2.75) is 31.8 Å². The number of urea groups is 1. The number of carbonyl (C=O) groups excluding carboxylic acids is 1. The minimum atomic E-state index is -3.20. The number of fused-ring (bicyclic) bond motifs is 1. The Hall–Kier alpha value is -2.31. The van der Waals surface area contributed by atoms with E-state index in [0.717, 1.165) is 23.6 Å². The quantitative estimate of drug-likeness (QED) is 0.348. The highest BCUT2D eigenvalue weighted by Gasteiger charge is 2.25. The largest absolute Gasteiger partial charge is 0.322 e. The molecule has 3 rings (SSSR count). The van der Waals surface area contributed by atoms with Crippen LogP contribution in [0.4, 0.5) is 10.6 Å². The predicted octanol–water partition coefficient (Wildman–Crippen LogP) is 0.0762. The molecule has 2 heterocycles. The molecule has 1 aliphatic rings. The number of nitrogens with one attached hydrogen (secondary N) is 6. The highest BCUT2D eigenvalue weighted by atomic mass is 32.2. The molecule has 158 valence electrons. The molecule has 0 saturated carbocycles. The van der Waals surface area contributed by atoms with Crippen LogP contribution in [0, 0.1) is 0 Å². The summed E-state index contributed by atoms with van der Waals surface area (Å²) in [6, 6.07) is 11.1. The van der Waals surface area contributed by atoms with Crippen molar-refractivity contribution in [1.82, 2.24) is 31.0 Å². The molecule has 2 aromatic rings. The molecule has 1 aromatic heterocycles. The Morgan fingerprint density at radius 3 is 2.76 bits per heavy atom. The van der Waals surface area contributed by atoms with Gasteiger partial charge in [-0.1, -0.05) is 18.2 Å². The highest BCUT2D eigenvalue weighted by Crippen LogP contribution is 2.14. The molecular weight excluding hydrogens is 394 g/mol. The molecule has 1 aliphatic heterocycles. The Bertz CT molecular complexity index is 953. The molecule has 0 aliphatic carbocycles. The molecule has 1 aromatic carbocycles. The first-order chi connectivity index (χ1) is 13.8. The fourth-order valence-corrected chi connectivity index (χ4v) is 3.62. The first-order valence-corrected chi connectivity index (χ1v) is 11.3. The van der Waals surface area contributed by atoms with E-state index in [1.165, 1.54) is 0 Å². The Kier molecular flexibility index (Phi) is 6.98. The van der Waals surface area contributed by atoms with E-state index in [1.807, 2.05) is 37.3 Å². The lowest BCUT2D eigenvalue weighted by atomic mass is 10.1. The van der Waals surface area contributed by atoms with Gasteiger partial charge in [0.2, 0.25) is 10.0 Å². The van der Waals surface area contributed by atoms with Crippen LogP contribution in [-0.2, 0) is 10.0 Å². The van der Waals surface area contributed by atoms with E-state index >= 15 is 0 Å². The summed E-state index contributed by atoms with van der Waals surface area (Å²) in [4.78, 5) is 16.8. The standard InChI is InChI=1S/C18H27N7O3S/c1-12-11-16(19-9-10-20-29(2,27)28)23-17(21-12)25-18(26)24-15-8-7-13-5-3-4-6-14(13)22-15/h3-8,12,16-17,19-21,23H,9-11H2,1-2H3,(H2,22,24,25,26). The monoisotopic (exact) mass is 421 g/mol. The van der Waals surface area contributed by atoms with Crippen LogP contribution in [0.5, 0.6) is 0 Å². The van der Waals surface area contributed by atoms with Crippen molar-refractivity contribution in [3.05, 3.63) is 36.4 Å². The molecule has 2 amide bonds. The second-order valence-electron chi connectivity index (χ2n) is 7.06. The second-order valence-corrected chi connectivity index (χ2v) is 8.90. The summed E-state index contributed by atoms with van der Waals surface area (Å²) in [5.41, 5.74) is 0.805. The Morgan fingerprint density at radius 1 is 1.17 bits per heavy atom. The van der Waals surface area contributed by atoms with Crippen LogP contribution in [0.3, 0.4) is 0 Å². The van der Waals surface area contributed by atoms with Crippen molar-refractivity contribution in [2.75, 3.05) is 24.7 Å². The third-order valence-electron chi connectivity index (χ3n) is 4.40. The number of nitrogens with zero attached hydrogens (tertiary/aromatic N) is 1. The van der Waals surface area contributed by atoms with Crippen LogP contribution in [-0.4, -0.2) is 57.3 Å². The molecule has 29 heavy (non-hydrogen) atoms. The minimum Gasteiger partial charge on any atom is -0.310 e. The van der Waals surface area contributed by atoms with Gasteiger partial charge in [-0.3, -0.25) is 16.0 Å². The third-order valence-corrected chi connectivity index (χ3v) is 5.13. The summed E-state index contributed by atoms with van der Waals surface area (Å²) < 4.78 is 24.6. The van der Waals surface area contributed by atoms with E-state index in [9.17, 15) is 13.2 Å². The Morgan fingerprint density at radius 2 is 1.97 bits per heavy atom. The third kappa shape index (κ3) is 6.91. The van der Waals surface area contributed by atoms with Gasteiger partial charge < -0.3 is 10.6 Å². The summed E-state index contributed by atoms with van der Waals surface area (Å²) in [6.45, 7) is 2.78. The van der Waals surface area contributed by atoms with Gasteiger partial charge in [0.1, 0.15) is 12.1 Å². The second kappa shape index (κ2) is 9.46. The maximum atomic E-state index is 12.4. The molecule has 3 unspecified atom stereocenters. The SMILES string of the molecule is CC1CC(NCCNS(C)(=O)=O)NC(NC(=O)Nc2ccc3ccccc3n2)N1. The summed E-state index contributed by atoms with van der Waals surface area (Å²) in [7, 11) is -3.20. The van der Waals surface area contributed by atoms with E-state index in [2.05, 4.69) is 36.3 Å². The van der Waals surface area contributed by atoms with E-state index in [0.29, 0.717) is 18.9 Å². The van der Waals surface area contributed by atoms with Crippen molar-refractivity contribution in [1.29, 1.82) is 0 Å². The lowest BCUT2D eigenvalue weighted by molar-refractivity contribution is 0.194. The zero-order valence-corrected chi connectivity index (χ0v) is 17.2. The van der Waals surface area contributed by atoms with Gasteiger partial charge in [0.05, 0.1) is 17.9 Å². The molecule has 10 nitrogen and oxygen atoms in total. The number of anilines is 1. The number of hydrogen-bond acceptors (Lipinski definition) is 7. The molecule has 0 radical (unpaired) electrons. The highest BCUT2D eigenvalue weighted by molar-refractivity contribution is 7.88. The van der Waals surface area contributed by atoms with E-state index in [1.54, 1.807) is 6.07 Å². The van der Waals surface area contributed by atoms with Gasteiger partial charge in [0.25, 0.3) is 0 Å². The maximum absolute atomic E-state index is 12.4. The Balaban J connectivity index is 1.49. The molecule has 6 N–H and O–H groups in total. The van der Waals surface area contributed by atoms with Gasteiger partial charge in [-0.15, -0.1) is 0 Å². The molecule has 11 heteroatoms. The molecule has 0 spiro atoms. The van der Waals surface area contributed by atoms with Crippen molar-refractivity contribution < 1.29 is 13.2 Å². The normalized spacial score (nSPS) is 22.3.